The zero-order valence-corrected chi connectivity index (χ0v) is 10.6. The standard InChI is InChI=1S/C14H10ClNO3/c15-9-4-6-10(7-5-9)16-14(17)11-2-1-3-12-13(11)19-8-18-12/h1-7H,8H2,(H,16,17). The van der Waals surface area contributed by atoms with Crippen molar-refractivity contribution < 1.29 is 14.3 Å². The average Bonchev–Trinajstić information content (AvgIpc) is 2.89. The molecule has 0 saturated heterocycles. The summed E-state index contributed by atoms with van der Waals surface area (Å²) in [6, 6.07) is 12.1. The number of hydrogen-bond acceptors (Lipinski definition) is 3. The molecule has 0 fully saturated rings. The maximum atomic E-state index is 12.2. The van der Waals surface area contributed by atoms with Gasteiger partial charge in [0, 0.05) is 10.7 Å². The van der Waals surface area contributed by atoms with Crippen LogP contribution in [0.4, 0.5) is 5.69 Å². The Morgan fingerprint density at radius 2 is 1.89 bits per heavy atom. The number of para-hydroxylation sites is 1. The summed E-state index contributed by atoms with van der Waals surface area (Å²) in [4.78, 5) is 12.2. The number of hydrogen-bond donors (Lipinski definition) is 1. The normalized spacial score (nSPS) is 12.3. The molecule has 0 radical (unpaired) electrons. The molecular weight excluding hydrogens is 266 g/mol. The Kier molecular flexibility index (Phi) is 3.01. The lowest BCUT2D eigenvalue weighted by atomic mass is 10.1. The molecule has 3 rings (SSSR count). The topological polar surface area (TPSA) is 47.6 Å². The third-order valence-electron chi connectivity index (χ3n) is 2.74. The summed E-state index contributed by atoms with van der Waals surface area (Å²) in [7, 11) is 0. The number of benzene rings is 2. The van der Waals surface area contributed by atoms with Crippen molar-refractivity contribution in [2.75, 3.05) is 12.1 Å². The molecule has 4 nitrogen and oxygen atoms in total. The van der Waals surface area contributed by atoms with E-state index in [1.807, 2.05) is 0 Å². The van der Waals surface area contributed by atoms with Gasteiger partial charge in [0.15, 0.2) is 11.5 Å². The van der Waals surface area contributed by atoms with E-state index in [4.69, 9.17) is 21.1 Å². The van der Waals surface area contributed by atoms with Gasteiger partial charge in [-0.25, -0.2) is 0 Å². The minimum Gasteiger partial charge on any atom is -0.454 e. The van der Waals surface area contributed by atoms with Gasteiger partial charge in [0.1, 0.15) is 0 Å². The molecule has 1 N–H and O–H groups in total. The summed E-state index contributed by atoms with van der Waals surface area (Å²) < 4.78 is 10.5. The smallest absolute Gasteiger partial charge is 0.259 e. The highest BCUT2D eigenvalue weighted by molar-refractivity contribution is 6.30. The van der Waals surface area contributed by atoms with Gasteiger partial charge in [-0.05, 0) is 36.4 Å². The van der Waals surface area contributed by atoms with Crippen LogP contribution < -0.4 is 14.8 Å². The van der Waals surface area contributed by atoms with E-state index in [0.717, 1.165) is 0 Å². The first-order valence-corrected chi connectivity index (χ1v) is 6.07. The van der Waals surface area contributed by atoms with Crippen molar-refractivity contribution in [1.82, 2.24) is 0 Å². The fourth-order valence-corrected chi connectivity index (χ4v) is 1.97. The van der Waals surface area contributed by atoms with Gasteiger partial charge in [0.25, 0.3) is 5.91 Å². The van der Waals surface area contributed by atoms with Crippen molar-refractivity contribution in [3.8, 4) is 11.5 Å². The highest BCUT2D eigenvalue weighted by Crippen LogP contribution is 2.35. The van der Waals surface area contributed by atoms with Crippen LogP contribution in [0, 0.1) is 0 Å². The molecule has 0 saturated carbocycles. The van der Waals surface area contributed by atoms with E-state index in [0.29, 0.717) is 27.8 Å². The van der Waals surface area contributed by atoms with Crippen molar-refractivity contribution in [2.45, 2.75) is 0 Å². The minimum absolute atomic E-state index is 0.139. The molecule has 1 amide bonds. The van der Waals surface area contributed by atoms with Gasteiger partial charge in [-0.15, -0.1) is 0 Å². The van der Waals surface area contributed by atoms with Crippen LogP contribution in [0.1, 0.15) is 10.4 Å². The minimum atomic E-state index is -0.246. The fraction of sp³-hybridized carbons (Fsp3) is 0.0714. The Balaban J connectivity index is 1.85. The maximum Gasteiger partial charge on any atom is 0.259 e. The predicted molar refractivity (Wildman–Crippen MR) is 72.0 cm³/mol. The van der Waals surface area contributed by atoms with Crippen LogP contribution in [0.2, 0.25) is 5.02 Å². The van der Waals surface area contributed by atoms with Crippen molar-refractivity contribution in [3.05, 3.63) is 53.1 Å². The van der Waals surface area contributed by atoms with Crippen LogP contribution in [0.5, 0.6) is 11.5 Å². The molecule has 96 valence electrons. The number of carbonyl (C=O) groups excluding carboxylic acids is 1. The highest BCUT2D eigenvalue weighted by atomic mass is 35.5. The molecule has 0 aliphatic carbocycles. The number of rotatable bonds is 2. The molecule has 2 aromatic rings. The third kappa shape index (κ3) is 2.35. The number of fused-ring (bicyclic) bond motifs is 1. The fourth-order valence-electron chi connectivity index (χ4n) is 1.84. The zero-order chi connectivity index (χ0) is 13.2. The van der Waals surface area contributed by atoms with E-state index in [1.54, 1.807) is 42.5 Å². The van der Waals surface area contributed by atoms with E-state index in [1.165, 1.54) is 0 Å². The number of amides is 1. The molecule has 1 heterocycles. The molecule has 1 aliphatic heterocycles. The van der Waals surface area contributed by atoms with Gasteiger partial charge >= 0.3 is 0 Å². The van der Waals surface area contributed by atoms with Gasteiger partial charge in [0.2, 0.25) is 6.79 Å². The van der Waals surface area contributed by atoms with Crippen LogP contribution in [0.25, 0.3) is 0 Å². The zero-order valence-electron chi connectivity index (χ0n) is 9.85. The summed E-state index contributed by atoms with van der Waals surface area (Å²) >= 11 is 5.79. The Bertz CT molecular complexity index is 625. The SMILES string of the molecule is O=C(Nc1ccc(Cl)cc1)c1cccc2c1OCO2. The number of halogens is 1. The van der Waals surface area contributed by atoms with Crippen LogP contribution in [0.3, 0.4) is 0 Å². The first-order chi connectivity index (χ1) is 9.24. The Morgan fingerprint density at radius 3 is 2.68 bits per heavy atom. The van der Waals surface area contributed by atoms with Gasteiger partial charge in [-0.1, -0.05) is 17.7 Å². The Morgan fingerprint density at radius 1 is 1.11 bits per heavy atom. The van der Waals surface area contributed by atoms with Crippen LogP contribution in [-0.4, -0.2) is 12.7 Å². The number of carbonyl (C=O) groups is 1. The van der Waals surface area contributed by atoms with Gasteiger partial charge in [-0.3, -0.25) is 4.79 Å². The molecule has 0 unspecified atom stereocenters. The van der Waals surface area contributed by atoms with E-state index in [9.17, 15) is 4.79 Å². The maximum absolute atomic E-state index is 12.2. The Labute approximate surface area is 114 Å². The molecule has 0 aromatic heterocycles. The van der Waals surface area contributed by atoms with E-state index in [2.05, 4.69) is 5.32 Å². The second-order valence-electron chi connectivity index (χ2n) is 4.00. The highest BCUT2D eigenvalue weighted by Gasteiger charge is 2.21. The number of nitrogens with one attached hydrogen (secondary N) is 1. The molecule has 0 bridgehead atoms. The van der Waals surface area contributed by atoms with Crippen LogP contribution >= 0.6 is 11.6 Å². The van der Waals surface area contributed by atoms with Gasteiger partial charge in [-0.2, -0.15) is 0 Å². The van der Waals surface area contributed by atoms with Crippen molar-refractivity contribution in [3.63, 3.8) is 0 Å². The quantitative estimate of drug-likeness (QED) is 0.914. The summed E-state index contributed by atoms with van der Waals surface area (Å²) in [5.41, 5.74) is 1.12. The molecule has 1 aliphatic rings. The first-order valence-electron chi connectivity index (χ1n) is 5.69. The second kappa shape index (κ2) is 4.82. The molecule has 0 atom stereocenters. The predicted octanol–water partition coefficient (Wildman–Crippen LogP) is 3.32. The molecule has 0 spiro atoms. The second-order valence-corrected chi connectivity index (χ2v) is 4.44. The van der Waals surface area contributed by atoms with Crippen LogP contribution in [0.15, 0.2) is 42.5 Å². The first kappa shape index (κ1) is 11.9. The summed E-state index contributed by atoms with van der Waals surface area (Å²) in [6.45, 7) is 0.139. The van der Waals surface area contributed by atoms with E-state index in [-0.39, 0.29) is 12.7 Å². The van der Waals surface area contributed by atoms with Crippen molar-refractivity contribution in [1.29, 1.82) is 0 Å². The Hall–Kier alpha value is -2.20. The number of ether oxygens (including phenoxy) is 2. The van der Waals surface area contributed by atoms with Gasteiger partial charge in [0.05, 0.1) is 5.56 Å². The van der Waals surface area contributed by atoms with Crippen molar-refractivity contribution in [2.24, 2.45) is 0 Å². The van der Waals surface area contributed by atoms with Gasteiger partial charge < -0.3 is 14.8 Å². The summed E-state index contributed by atoms with van der Waals surface area (Å²) in [5, 5.41) is 3.40. The van der Waals surface area contributed by atoms with E-state index >= 15 is 0 Å². The lowest BCUT2D eigenvalue weighted by Crippen LogP contribution is -2.12. The molecule has 2 aromatic carbocycles. The molecular formula is C14H10ClNO3. The summed E-state index contributed by atoms with van der Waals surface area (Å²) in [6.07, 6.45) is 0. The number of anilines is 1. The molecule has 5 heteroatoms. The lowest BCUT2D eigenvalue weighted by molar-refractivity contribution is 0.102. The summed E-state index contributed by atoms with van der Waals surface area (Å²) in [5.74, 6) is 0.822. The van der Waals surface area contributed by atoms with Crippen LogP contribution in [-0.2, 0) is 0 Å². The largest absolute Gasteiger partial charge is 0.454 e. The van der Waals surface area contributed by atoms with E-state index < -0.39 is 0 Å². The molecule has 19 heavy (non-hydrogen) atoms. The third-order valence-corrected chi connectivity index (χ3v) is 3.00. The monoisotopic (exact) mass is 275 g/mol. The lowest BCUT2D eigenvalue weighted by Gasteiger charge is -2.07. The van der Waals surface area contributed by atoms with Crippen molar-refractivity contribution >= 4 is 23.2 Å². The average molecular weight is 276 g/mol.